The summed E-state index contributed by atoms with van der Waals surface area (Å²) >= 11 is 0. The van der Waals surface area contributed by atoms with Gasteiger partial charge in [0.05, 0.1) is 22.1 Å². The first-order valence-corrected chi connectivity index (χ1v) is 6.59. The third-order valence-corrected chi connectivity index (χ3v) is 3.69. The van der Waals surface area contributed by atoms with Crippen LogP contribution in [0.2, 0.25) is 0 Å². The largest absolute Gasteiger partial charge is 0.353 e. The minimum absolute atomic E-state index is 0.329. The number of amides is 1. The quantitative estimate of drug-likeness (QED) is 0.284. The molecule has 0 aliphatic rings. The topological polar surface area (TPSA) is 83.8 Å². The van der Waals surface area contributed by atoms with E-state index in [2.05, 4.69) is 10.4 Å². The zero-order valence-corrected chi connectivity index (χ0v) is 11.1. The van der Waals surface area contributed by atoms with Gasteiger partial charge < -0.3 is 4.98 Å². The van der Waals surface area contributed by atoms with Crippen LogP contribution in [0.5, 0.6) is 0 Å². The second kappa shape index (κ2) is 4.29. The molecule has 4 aromatic rings. The number of para-hydroxylation sites is 2. The number of pyridine rings is 1. The zero-order chi connectivity index (χ0) is 14.4. The van der Waals surface area contributed by atoms with Crippen LogP contribution in [-0.2, 0) is 0 Å². The number of aromatic amines is 1. The van der Waals surface area contributed by atoms with Crippen LogP contribution in [0.1, 0.15) is 10.4 Å². The van der Waals surface area contributed by atoms with Crippen LogP contribution in [-0.4, -0.2) is 15.9 Å². The van der Waals surface area contributed by atoms with Crippen LogP contribution in [0.4, 0.5) is 0 Å². The predicted molar refractivity (Wildman–Crippen MR) is 82.8 cm³/mol. The van der Waals surface area contributed by atoms with Crippen molar-refractivity contribution in [3.63, 3.8) is 0 Å². The first-order chi connectivity index (χ1) is 10.3. The number of nitrogens with zero attached hydrogens (tertiary/aromatic N) is 1. The number of fused-ring (bicyclic) bond motifs is 4. The molecule has 0 fully saturated rings. The summed E-state index contributed by atoms with van der Waals surface area (Å²) in [6.07, 6.45) is 0. The molecule has 102 valence electrons. The zero-order valence-electron chi connectivity index (χ0n) is 11.1. The number of aromatic nitrogens is 2. The molecule has 0 radical (unpaired) electrons. The van der Waals surface area contributed by atoms with Gasteiger partial charge in [0, 0.05) is 16.3 Å². The molecule has 0 aliphatic heterocycles. The Morgan fingerprint density at radius 2 is 1.76 bits per heavy atom. The Balaban J connectivity index is 2.29. The number of carbonyl (C=O) groups excluding carboxylic acids is 1. The van der Waals surface area contributed by atoms with E-state index in [0.29, 0.717) is 11.1 Å². The number of nitrogens with two attached hydrogens (primary N) is 1. The average Bonchev–Trinajstić information content (AvgIpc) is 2.90. The molecule has 0 saturated heterocycles. The summed E-state index contributed by atoms with van der Waals surface area (Å²) in [5, 5.41) is 1.77. The molecular formula is C16H12N4O. The fourth-order valence-electron chi connectivity index (χ4n) is 2.77. The SMILES string of the molecule is NNC(=O)c1c2ccccc2nc2c1[nH]c1ccccc12. The minimum Gasteiger partial charge on any atom is -0.353 e. The summed E-state index contributed by atoms with van der Waals surface area (Å²) in [5.41, 5.74) is 5.95. The molecule has 5 heteroatoms. The fourth-order valence-corrected chi connectivity index (χ4v) is 2.77. The summed E-state index contributed by atoms with van der Waals surface area (Å²) < 4.78 is 0. The van der Waals surface area contributed by atoms with Crippen LogP contribution in [0.25, 0.3) is 32.8 Å². The summed E-state index contributed by atoms with van der Waals surface area (Å²) in [6.45, 7) is 0. The molecule has 4 rings (SSSR count). The van der Waals surface area contributed by atoms with Gasteiger partial charge in [-0.1, -0.05) is 36.4 Å². The highest BCUT2D eigenvalue weighted by Gasteiger charge is 2.18. The number of rotatable bonds is 1. The van der Waals surface area contributed by atoms with Gasteiger partial charge in [-0.25, -0.2) is 10.8 Å². The van der Waals surface area contributed by atoms with E-state index in [-0.39, 0.29) is 5.91 Å². The highest BCUT2D eigenvalue weighted by molar-refractivity contribution is 6.20. The molecular weight excluding hydrogens is 264 g/mol. The number of H-pyrrole nitrogens is 1. The van der Waals surface area contributed by atoms with Crippen molar-refractivity contribution in [2.24, 2.45) is 5.84 Å². The lowest BCUT2D eigenvalue weighted by molar-refractivity contribution is 0.0956. The lowest BCUT2D eigenvalue weighted by Crippen LogP contribution is -2.30. The fraction of sp³-hybridized carbons (Fsp3) is 0. The smallest absolute Gasteiger partial charge is 0.268 e. The number of nitrogen functional groups attached to an aromatic ring is 1. The second-order valence-corrected chi connectivity index (χ2v) is 4.87. The first kappa shape index (κ1) is 11.9. The molecule has 1 amide bonds. The molecule has 0 spiro atoms. The van der Waals surface area contributed by atoms with Gasteiger partial charge in [0.2, 0.25) is 0 Å². The molecule has 2 heterocycles. The van der Waals surface area contributed by atoms with Crippen LogP contribution < -0.4 is 11.3 Å². The summed E-state index contributed by atoms with van der Waals surface area (Å²) in [7, 11) is 0. The van der Waals surface area contributed by atoms with Gasteiger partial charge in [0.15, 0.2) is 0 Å². The Hall–Kier alpha value is -2.92. The molecule has 2 aromatic carbocycles. The average molecular weight is 276 g/mol. The van der Waals surface area contributed by atoms with Gasteiger partial charge in [0.25, 0.3) is 5.91 Å². The van der Waals surface area contributed by atoms with Crippen molar-refractivity contribution < 1.29 is 4.79 Å². The maximum absolute atomic E-state index is 12.2. The third kappa shape index (κ3) is 1.61. The van der Waals surface area contributed by atoms with Crippen molar-refractivity contribution in [1.82, 2.24) is 15.4 Å². The lowest BCUT2D eigenvalue weighted by atomic mass is 10.1. The molecule has 0 atom stereocenters. The predicted octanol–water partition coefficient (Wildman–Crippen LogP) is 2.47. The summed E-state index contributed by atoms with van der Waals surface area (Å²) in [5.74, 6) is 5.02. The number of nitrogens with one attached hydrogen (secondary N) is 2. The van der Waals surface area contributed by atoms with Crippen molar-refractivity contribution in [2.75, 3.05) is 0 Å². The lowest BCUT2D eigenvalue weighted by Gasteiger charge is -2.06. The second-order valence-electron chi connectivity index (χ2n) is 4.87. The van der Waals surface area contributed by atoms with Crippen LogP contribution >= 0.6 is 0 Å². The van der Waals surface area contributed by atoms with E-state index < -0.39 is 0 Å². The molecule has 0 bridgehead atoms. The van der Waals surface area contributed by atoms with Crippen molar-refractivity contribution in [2.45, 2.75) is 0 Å². The number of hydrazine groups is 1. The Bertz CT molecular complexity index is 1000. The van der Waals surface area contributed by atoms with Crippen LogP contribution in [0.15, 0.2) is 48.5 Å². The van der Waals surface area contributed by atoms with E-state index in [1.54, 1.807) is 0 Å². The van der Waals surface area contributed by atoms with Crippen LogP contribution in [0.3, 0.4) is 0 Å². The van der Waals surface area contributed by atoms with Crippen LogP contribution in [0, 0.1) is 0 Å². The highest BCUT2D eigenvalue weighted by atomic mass is 16.2. The molecule has 21 heavy (non-hydrogen) atoms. The van der Waals surface area contributed by atoms with Gasteiger partial charge in [-0.15, -0.1) is 0 Å². The van der Waals surface area contributed by atoms with E-state index in [9.17, 15) is 4.79 Å². The van der Waals surface area contributed by atoms with Gasteiger partial charge in [-0.3, -0.25) is 10.2 Å². The Morgan fingerprint density at radius 1 is 1.05 bits per heavy atom. The van der Waals surface area contributed by atoms with Crippen molar-refractivity contribution >= 4 is 38.7 Å². The monoisotopic (exact) mass is 276 g/mol. The molecule has 0 unspecified atom stereocenters. The normalized spacial score (nSPS) is 11.3. The van der Waals surface area contributed by atoms with Gasteiger partial charge in [-0.05, 0) is 12.1 Å². The van der Waals surface area contributed by atoms with E-state index in [0.717, 1.165) is 27.3 Å². The Labute approximate surface area is 119 Å². The maximum atomic E-state index is 12.2. The van der Waals surface area contributed by atoms with E-state index in [1.165, 1.54) is 0 Å². The molecule has 0 aliphatic carbocycles. The Kier molecular flexibility index (Phi) is 2.43. The highest BCUT2D eigenvalue weighted by Crippen LogP contribution is 2.30. The third-order valence-electron chi connectivity index (χ3n) is 3.69. The number of carbonyl (C=O) groups is 1. The number of benzene rings is 2. The van der Waals surface area contributed by atoms with Crippen molar-refractivity contribution in [3.8, 4) is 0 Å². The van der Waals surface area contributed by atoms with Gasteiger partial charge in [0.1, 0.15) is 0 Å². The molecule has 5 nitrogen and oxygen atoms in total. The molecule has 0 saturated carbocycles. The standard InChI is InChI=1S/C16H12N4O/c17-20-16(21)13-9-5-1-3-7-11(9)18-14-10-6-2-4-8-12(10)19-15(13)14/h1-8,19H,17H2,(H,20,21). The summed E-state index contributed by atoms with van der Waals surface area (Å²) in [6, 6.07) is 15.4. The first-order valence-electron chi connectivity index (χ1n) is 6.59. The van der Waals surface area contributed by atoms with Gasteiger partial charge >= 0.3 is 0 Å². The maximum Gasteiger partial charge on any atom is 0.268 e. The minimum atomic E-state index is -0.329. The van der Waals surface area contributed by atoms with E-state index in [4.69, 9.17) is 10.8 Å². The molecule has 2 aromatic heterocycles. The van der Waals surface area contributed by atoms with Crippen molar-refractivity contribution in [3.05, 3.63) is 54.1 Å². The number of hydrogen-bond donors (Lipinski definition) is 3. The number of hydrogen-bond acceptors (Lipinski definition) is 3. The van der Waals surface area contributed by atoms with E-state index in [1.807, 2.05) is 48.5 Å². The van der Waals surface area contributed by atoms with Gasteiger partial charge in [-0.2, -0.15) is 0 Å². The molecule has 4 N–H and O–H groups in total. The van der Waals surface area contributed by atoms with Crippen molar-refractivity contribution in [1.29, 1.82) is 0 Å². The van der Waals surface area contributed by atoms with E-state index >= 15 is 0 Å². The summed E-state index contributed by atoms with van der Waals surface area (Å²) in [4.78, 5) is 20.2. The Morgan fingerprint density at radius 3 is 2.57 bits per heavy atom.